The van der Waals surface area contributed by atoms with Gasteiger partial charge >= 0.3 is 0 Å². The van der Waals surface area contributed by atoms with Gasteiger partial charge in [-0.2, -0.15) is 0 Å². The van der Waals surface area contributed by atoms with Crippen LogP contribution in [0.3, 0.4) is 0 Å². The van der Waals surface area contributed by atoms with Gasteiger partial charge in [-0.15, -0.1) is 0 Å². The molecule has 0 radical (unpaired) electrons. The first kappa shape index (κ1) is 18.7. The Bertz CT molecular complexity index is 843. The van der Waals surface area contributed by atoms with E-state index in [9.17, 15) is 0 Å². The number of hydrogen-bond donors (Lipinski definition) is 2. The highest BCUT2D eigenvalue weighted by molar-refractivity contribution is 5.79. The third kappa shape index (κ3) is 5.71. The van der Waals surface area contributed by atoms with Crippen molar-refractivity contribution in [1.29, 1.82) is 0 Å². The van der Waals surface area contributed by atoms with Gasteiger partial charge in [0.2, 0.25) is 0 Å². The van der Waals surface area contributed by atoms with Crippen LogP contribution in [0.25, 0.3) is 11.3 Å². The van der Waals surface area contributed by atoms with Crippen molar-refractivity contribution in [2.45, 2.75) is 32.4 Å². The topological polar surface area (TPSA) is 62.5 Å². The number of nitrogens with zero attached hydrogens (tertiary/aromatic N) is 2. The molecule has 0 bridgehead atoms. The number of benzene rings is 2. The molecule has 0 saturated carbocycles. The van der Waals surface area contributed by atoms with Gasteiger partial charge in [-0.25, -0.2) is 0 Å². The quantitative estimate of drug-likeness (QED) is 0.492. The van der Waals surface area contributed by atoms with Crippen LogP contribution in [-0.4, -0.2) is 24.2 Å². The first-order valence-electron chi connectivity index (χ1n) is 9.26. The van der Waals surface area contributed by atoms with Crippen molar-refractivity contribution < 1.29 is 4.52 Å². The Kier molecular flexibility index (Phi) is 6.63. The largest absolute Gasteiger partial charge is 0.356 e. The number of aryl methyl sites for hydroxylation is 1. The summed E-state index contributed by atoms with van der Waals surface area (Å²) in [7, 11) is 1.78. The molecule has 0 saturated heterocycles. The van der Waals surface area contributed by atoms with Crippen molar-refractivity contribution in [2.24, 2.45) is 4.99 Å². The molecule has 0 aliphatic heterocycles. The zero-order valence-corrected chi connectivity index (χ0v) is 15.9. The summed E-state index contributed by atoms with van der Waals surface area (Å²) in [6, 6.07) is 22.8. The SMILES string of the molecule is CN=C(NCc1cc(-c2ccccc2)on1)NC(C)CCc1ccccc1. The molecule has 5 nitrogen and oxygen atoms in total. The molecule has 3 aromatic rings. The fourth-order valence-corrected chi connectivity index (χ4v) is 2.84. The van der Waals surface area contributed by atoms with Gasteiger partial charge in [-0.1, -0.05) is 65.8 Å². The van der Waals surface area contributed by atoms with Crippen LogP contribution in [0.1, 0.15) is 24.6 Å². The standard InChI is InChI=1S/C22H26N4O/c1-17(13-14-18-9-5-3-6-10-18)25-22(23-2)24-16-20-15-21(27-26-20)19-11-7-4-8-12-19/h3-12,15,17H,13-14,16H2,1-2H3,(H2,23,24,25). The highest BCUT2D eigenvalue weighted by Gasteiger charge is 2.09. The van der Waals surface area contributed by atoms with Crippen molar-refractivity contribution in [2.75, 3.05) is 7.05 Å². The summed E-state index contributed by atoms with van der Waals surface area (Å²) in [5.74, 6) is 1.53. The lowest BCUT2D eigenvalue weighted by Crippen LogP contribution is -2.42. The fraction of sp³-hybridized carbons (Fsp3) is 0.273. The summed E-state index contributed by atoms with van der Waals surface area (Å²) < 4.78 is 5.44. The van der Waals surface area contributed by atoms with Crippen LogP contribution in [0.4, 0.5) is 0 Å². The lowest BCUT2D eigenvalue weighted by molar-refractivity contribution is 0.422. The fourth-order valence-electron chi connectivity index (χ4n) is 2.84. The average molecular weight is 362 g/mol. The highest BCUT2D eigenvalue weighted by atomic mass is 16.5. The van der Waals surface area contributed by atoms with Crippen LogP contribution < -0.4 is 10.6 Å². The molecular formula is C22H26N4O. The lowest BCUT2D eigenvalue weighted by Gasteiger charge is -2.17. The van der Waals surface area contributed by atoms with Crippen LogP contribution >= 0.6 is 0 Å². The van der Waals surface area contributed by atoms with E-state index in [1.807, 2.05) is 42.5 Å². The van der Waals surface area contributed by atoms with Crippen molar-refractivity contribution in [3.8, 4) is 11.3 Å². The Morgan fingerprint density at radius 3 is 2.48 bits per heavy atom. The van der Waals surface area contributed by atoms with E-state index >= 15 is 0 Å². The van der Waals surface area contributed by atoms with Gasteiger partial charge in [-0.3, -0.25) is 4.99 Å². The van der Waals surface area contributed by atoms with Crippen molar-refractivity contribution >= 4 is 5.96 Å². The van der Waals surface area contributed by atoms with Gasteiger partial charge < -0.3 is 15.2 Å². The van der Waals surface area contributed by atoms with E-state index in [1.54, 1.807) is 7.05 Å². The number of aromatic nitrogens is 1. The highest BCUT2D eigenvalue weighted by Crippen LogP contribution is 2.19. The molecule has 0 aliphatic rings. The second-order valence-corrected chi connectivity index (χ2v) is 6.54. The van der Waals surface area contributed by atoms with Gasteiger partial charge in [0.05, 0.1) is 6.54 Å². The predicted molar refractivity (Wildman–Crippen MR) is 109 cm³/mol. The minimum absolute atomic E-state index is 0.314. The maximum Gasteiger partial charge on any atom is 0.191 e. The van der Waals surface area contributed by atoms with Crippen LogP contribution in [0.15, 0.2) is 76.2 Å². The molecule has 0 spiro atoms. The second kappa shape index (κ2) is 9.57. The Morgan fingerprint density at radius 1 is 1.07 bits per heavy atom. The predicted octanol–water partition coefficient (Wildman–Crippen LogP) is 4.03. The normalized spacial score (nSPS) is 12.6. The maximum atomic E-state index is 5.44. The number of rotatable bonds is 7. The number of guanidine groups is 1. The Hall–Kier alpha value is -3.08. The molecule has 1 aromatic heterocycles. The molecule has 0 amide bonds. The molecule has 2 aromatic carbocycles. The van der Waals surface area contributed by atoms with Gasteiger partial charge in [-0.05, 0) is 25.3 Å². The van der Waals surface area contributed by atoms with E-state index in [0.717, 1.165) is 35.8 Å². The molecule has 0 aliphatic carbocycles. The molecular weight excluding hydrogens is 336 g/mol. The van der Waals surface area contributed by atoms with Gasteiger partial charge in [0.15, 0.2) is 11.7 Å². The first-order valence-corrected chi connectivity index (χ1v) is 9.26. The third-order valence-electron chi connectivity index (χ3n) is 4.37. The van der Waals surface area contributed by atoms with E-state index in [2.05, 4.69) is 52.0 Å². The van der Waals surface area contributed by atoms with E-state index in [1.165, 1.54) is 5.56 Å². The van der Waals surface area contributed by atoms with E-state index < -0.39 is 0 Å². The number of nitrogens with one attached hydrogen (secondary N) is 2. The molecule has 5 heteroatoms. The summed E-state index contributed by atoms with van der Waals surface area (Å²) in [4.78, 5) is 4.30. The maximum absolute atomic E-state index is 5.44. The van der Waals surface area contributed by atoms with Gasteiger partial charge in [0.1, 0.15) is 5.69 Å². The molecule has 0 fully saturated rings. The molecule has 27 heavy (non-hydrogen) atoms. The summed E-state index contributed by atoms with van der Waals surface area (Å²) >= 11 is 0. The van der Waals surface area contributed by atoms with Crippen LogP contribution in [0.2, 0.25) is 0 Å². The van der Waals surface area contributed by atoms with E-state index in [-0.39, 0.29) is 0 Å². The van der Waals surface area contributed by atoms with E-state index in [0.29, 0.717) is 12.6 Å². The van der Waals surface area contributed by atoms with Crippen molar-refractivity contribution in [1.82, 2.24) is 15.8 Å². The van der Waals surface area contributed by atoms with Crippen LogP contribution in [0, 0.1) is 0 Å². The first-order chi connectivity index (χ1) is 13.2. The van der Waals surface area contributed by atoms with E-state index in [4.69, 9.17) is 4.52 Å². The molecule has 1 atom stereocenters. The molecule has 3 rings (SSSR count). The summed E-state index contributed by atoms with van der Waals surface area (Å²) in [5.41, 5.74) is 3.21. The monoisotopic (exact) mass is 362 g/mol. The minimum atomic E-state index is 0.314. The Morgan fingerprint density at radius 2 is 1.78 bits per heavy atom. The Labute approximate surface area is 160 Å². The molecule has 1 heterocycles. The molecule has 140 valence electrons. The van der Waals surface area contributed by atoms with Gasteiger partial charge in [0.25, 0.3) is 0 Å². The second-order valence-electron chi connectivity index (χ2n) is 6.54. The summed E-state index contributed by atoms with van der Waals surface area (Å²) in [5, 5.41) is 10.9. The Balaban J connectivity index is 1.47. The average Bonchev–Trinajstić information content (AvgIpc) is 3.20. The zero-order chi connectivity index (χ0) is 18.9. The number of hydrogen-bond acceptors (Lipinski definition) is 3. The number of aliphatic imine (C=N–C) groups is 1. The summed E-state index contributed by atoms with van der Waals surface area (Å²) in [6.07, 6.45) is 2.07. The third-order valence-corrected chi connectivity index (χ3v) is 4.37. The smallest absolute Gasteiger partial charge is 0.191 e. The molecule has 1 unspecified atom stereocenters. The van der Waals surface area contributed by atoms with Gasteiger partial charge in [0, 0.05) is 24.7 Å². The summed E-state index contributed by atoms with van der Waals surface area (Å²) in [6.45, 7) is 2.72. The lowest BCUT2D eigenvalue weighted by atomic mass is 10.1. The molecule has 2 N–H and O–H groups in total. The zero-order valence-electron chi connectivity index (χ0n) is 15.9. The van der Waals surface area contributed by atoms with Crippen molar-refractivity contribution in [3.05, 3.63) is 78.0 Å². The van der Waals surface area contributed by atoms with Crippen LogP contribution in [0.5, 0.6) is 0 Å². The van der Waals surface area contributed by atoms with Crippen molar-refractivity contribution in [3.63, 3.8) is 0 Å². The van der Waals surface area contributed by atoms with Crippen LogP contribution in [-0.2, 0) is 13.0 Å². The minimum Gasteiger partial charge on any atom is -0.356 e.